The minimum Gasteiger partial charge on any atom is -0.496 e. The van der Waals surface area contributed by atoms with Crippen molar-refractivity contribution in [1.29, 1.82) is 0 Å². The highest BCUT2D eigenvalue weighted by molar-refractivity contribution is 9.10. The van der Waals surface area contributed by atoms with Crippen LogP contribution in [0.1, 0.15) is 18.4 Å². The third kappa shape index (κ3) is 3.70. The molecule has 1 fully saturated rings. The highest BCUT2D eigenvalue weighted by atomic mass is 79.9. The Morgan fingerprint density at radius 3 is 3.05 bits per heavy atom. The Morgan fingerprint density at radius 2 is 2.37 bits per heavy atom. The number of hydrogen-bond acceptors (Lipinski definition) is 3. The lowest BCUT2D eigenvalue weighted by Crippen LogP contribution is -2.42. The van der Waals surface area contributed by atoms with E-state index in [2.05, 4.69) is 15.9 Å². The summed E-state index contributed by atoms with van der Waals surface area (Å²) in [5.74, 6) is 0.754. The fraction of sp³-hybridized carbons (Fsp3) is 0.500. The average Bonchev–Trinajstić information content (AvgIpc) is 2.39. The number of carbonyl (C=O) groups is 1. The van der Waals surface area contributed by atoms with Gasteiger partial charge >= 0.3 is 0 Å². The van der Waals surface area contributed by atoms with Gasteiger partial charge in [0.1, 0.15) is 5.75 Å². The van der Waals surface area contributed by atoms with E-state index in [0.717, 1.165) is 29.4 Å². The minimum atomic E-state index is -0.387. The van der Waals surface area contributed by atoms with Gasteiger partial charge in [0.25, 0.3) is 0 Å². The van der Waals surface area contributed by atoms with Gasteiger partial charge in [0.15, 0.2) is 0 Å². The maximum absolute atomic E-state index is 12.2. The number of hydrogen-bond donors (Lipinski definition) is 1. The molecule has 2 rings (SSSR count). The van der Waals surface area contributed by atoms with Crippen molar-refractivity contribution < 1.29 is 14.6 Å². The van der Waals surface area contributed by atoms with Crippen molar-refractivity contribution in [3.8, 4) is 5.75 Å². The van der Waals surface area contributed by atoms with E-state index in [0.29, 0.717) is 18.7 Å². The maximum atomic E-state index is 12.2. The monoisotopic (exact) mass is 327 g/mol. The molecule has 0 aliphatic carbocycles. The van der Waals surface area contributed by atoms with Crippen LogP contribution in [0.15, 0.2) is 22.7 Å². The van der Waals surface area contributed by atoms with Crippen LogP contribution in [0.4, 0.5) is 0 Å². The van der Waals surface area contributed by atoms with Gasteiger partial charge in [0.2, 0.25) is 5.91 Å². The summed E-state index contributed by atoms with van der Waals surface area (Å²) in [5.41, 5.74) is 0.863. The van der Waals surface area contributed by atoms with E-state index in [1.807, 2.05) is 18.2 Å². The predicted octanol–water partition coefficient (Wildman–Crippen LogP) is 1.98. The fourth-order valence-corrected chi connectivity index (χ4v) is 2.75. The number of likely N-dealkylation sites (tertiary alicyclic amines) is 1. The molecule has 1 aromatic rings. The first-order valence-electron chi connectivity index (χ1n) is 6.38. The van der Waals surface area contributed by atoms with Crippen molar-refractivity contribution in [2.75, 3.05) is 20.2 Å². The lowest BCUT2D eigenvalue weighted by Gasteiger charge is -2.30. The highest BCUT2D eigenvalue weighted by Crippen LogP contribution is 2.24. The predicted molar refractivity (Wildman–Crippen MR) is 76.2 cm³/mol. The van der Waals surface area contributed by atoms with Gasteiger partial charge in [-0.2, -0.15) is 0 Å². The van der Waals surface area contributed by atoms with Gasteiger partial charge in [0.05, 0.1) is 19.6 Å². The van der Waals surface area contributed by atoms with E-state index in [4.69, 9.17) is 4.74 Å². The first-order chi connectivity index (χ1) is 9.10. The zero-order valence-electron chi connectivity index (χ0n) is 10.9. The fourth-order valence-electron chi connectivity index (χ4n) is 2.34. The Hall–Kier alpha value is -1.07. The number of amides is 1. The molecule has 1 aliphatic rings. The summed E-state index contributed by atoms with van der Waals surface area (Å²) in [6.07, 6.45) is 1.56. The summed E-state index contributed by atoms with van der Waals surface area (Å²) in [4.78, 5) is 14.0. The maximum Gasteiger partial charge on any atom is 0.227 e. The number of ether oxygens (including phenoxy) is 1. The van der Waals surface area contributed by atoms with E-state index in [-0.39, 0.29) is 12.0 Å². The van der Waals surface area contributed by atoms with Crippen molar-refractivity contribution in [2.24, 2.45) is 0 Å². The van der Waals surface area contributed by atoms with E-state index in [1.54, 1.807) is 12.0 Å². The van der Waals surface area contributed by atoms with Crippen molar-refractivity contribution in [1.82, 2.24) is 4.90 Å². The van der Waals surface area contributed by atoms with Crippen LogP contribution in [0.2, 0.25) is 0 Å². The Bertz CT molecular complexity index is 464. The number of methoxy groups -OCH3 is 1. The molecule has 0 aromatic heterocycles. The number of nitrogens with zero attached hydrogens (tertiary/aromatic N) is 1. The zero-order valence-corrected chi connectivity index (χ0v) is 12.5. The molecule has 1 N–H and O–H groups in total. The lowest BCUT2D eigenvalue weighted by atomic mass is 10.1. The van der Waals surface area contributed by atoms with Crippen LogP contribution >= 0.6 is 15.9 Å². The molecule has 1 amide bonds. The molecule has 1 atom stereocenters. The van der Waals surface area contributed by atoms with Crippen LogP contribution in [-0.2, 0) is 11.2 Å². The van der Waals surface area contributed by atoms with Gasteiger partial charge in [-0.15, -0.1) is 0 Å². The minimum absolute atomic E-state index is 0.0372. The molecule has 0 bridgehead atoms. The Labute approximate surface area is 121 Å². The molecule has 1 aliphatic heterocycles. The van der Waals surface area contributed by atoms with E-state index >= 15 is 0 Å². The molecular weight excluding hydrogens is 310 g/mol. The van der Waals surface area contributed by atoms with Crippen LogP contribution in [0, 0.1) is 0 Å². The Balaban J connectivity index is 2.07. The summed E-state index contributed by atoms with van der Waals surface area (Å²) in [6, 6.07) is 5.63. The molecule has 0 spiro atoms. The zero-order chi connectivity index (χ0) is 13.8. The molecule has 4 nitrogen and oxygen atoms in total. The second-order valence-electron chi connectivity index (χ2n) is 4.77. The van der Waals surface area contributed by atoms with Crippen LogP contribution in [0.5, 0.6) is 5.75 Å². The van der Waals surface area contributed by atoms with Crippen LogP contribution in [-0.4, -0.2) is 42.2 Å². The largest absolute Gasteiger partial charge is 0.496 e. The third-order valence-corrected chi connectivity index (χ3v) is 3.83. The standard InChI is InChI=1S/C14H18BrNO3/c1-19-13-5-4-11(15)7-10(13)8-14(18)16-6-2-3-12(17)9-16/h4-5,7,12,17H,2-3,6,8-9H2,1H3. The van der Waals surface area contributed by atoms with Crippen molar-refractivity contribution in [3.05, 3.63) is 28.2 Å². The first kappa shape index (κ1) is 14.3. The number of carbonyl (C=O) groups excluding carboxylic acids is 1. The van der Waals surface area contributed by atoms with Crippen LogP contribution in [0.25, 0.3) is 0 Å². The molecule has 1 saturated heterocycles. The second-order valence-corrected chi connectivity index (χ2v) is 5.68. The normalized spacial score (nSPS) is 19.3. The van der Waals surface area contributed by atoms with Gasteiger partial charge < -0.3 is 14.7 Å². The molecule has 104 valence electrons. The van der Waals surface area contributed by atoms with E-state index < -0.39 is 0 Å². The first-order valence-corrected chi connectivity index (χ1v) is 7.17. The molecule has 0 radical (unpaired) electrons. The summed E-state index contributed by atoms with van der Waals surface area (Å²) >= 11 is 3.40. The molecule has 0 saturated carbocycles. The van der Waals surface area contributed by atoms with Gasteiger partial charge in [-0.05, 0) is 31.0 Å². The second kappa shape index (κ2) is 6.39. The number of halogens is 1. The summed E-state index contributed by atoms with van der Waals surface area (Å²) in [5, 5.41) is 9.61. The number of rotatable bonds is 3. The number of piperidine rings is 1. The van der Waals surface area contributed by atoms with Gasteiger partial charge in [-0.1, -0.05) is 15.9 Å². The quantitative estimate of drug-likeness (QED) is 0.923. The summed E-state index contributed by atoms with van der Waals surface area (Å²) in [7, 11) is 1.60. The van der Waals surface area contributed by atoms with Gasteiger partial charge in [0, 0.05) is 23.1 Å². The topological polar surface area (TPSA) is 49.8 Å². The molecule has 1 aromatic carbocycles. The van der Waals surface area contributed by atoms with E-state index in [9.17, 15) is 9.90 Å². The van der Waals surface area contributed by atoms with Crippen molar-refractivity contribution >= 4 is 21.8 Å². The summed E-state index contributed by atoms with van der Waals surface area (Å²) < 4.78 is 6.19. The van der Waals surface area contributed by atoms with Gasteiger partial charge in [-0.3, -0.25) is 4.79 Å². The molecule has 1 unspecified atom stereocenters. The van der Waals surface area contributed by atoms with Crippen molar-refractivity contribution in [3.63, 3.8) is 0 Å². The Kier molecular flexibility index (Phi) is 4.82. The molecule has 5 heteroatoms. The molecule has 19 heavy (non-hydrogen) atoms. The highest BCUT2D eigenvalue weighted by Gasteiger charge is 2.22. The van der Waals surface area contributed by atoms with Gasteiger partial charge in [-0.25, -0.2) is 0 Å². The summed E-state index contributed by atoms with van der Waals surface area (Å²) in [6.45, 7) is 1.17. The average molecular weight is 328 g/mol. The van der Waals surface area contributed by atoms with Crippen molar-refractivity contribution in [2.45, 2.75) is 25.4 Å². The molecule has 1 heterocycles. The van der Waals surface area contributed by atoms with E-state index in [1.165, 1.54) is 0 Å². The lowest BCUT2D eigenvalue weighted by molar-refractivity contribution is -0.133. The SMILES string of the molecule is COc1ccc(Br)cc1CC(=O)N1CCCC(O)C1. The smallest absolute Gasteiger partial charge is 0.227 e. The molecular formula is C14H18BrNO3. The number of benzene rings is 1. The number of aliphatic hydroxyl groups is 1. The van der Waals surface area contributed by atoms with Crippen LogP contribution in [0.3, 0.4) is 0 Å². The Morgan fingerprint density at radius 1 is 1.58 bits per heavy atom. The van der Waals surface area contributed by atoms with Crippen LogP contribution < -0.4 is 4.74 Å². The number of aliphatic hydroxyl groups excluding tert-OH is 1. The number of β-amino-alcohol motifs (C(OH)–C–C–N with tert-alkyl or cyclic N) is 1. The third-order valence-electron chi connectivity index (χ3n) is 3.33.